The summed E-state index contributed by atoms with van der Waals surface area (Å²) in [7, 11) is 1.57. The predicted octanol–water partition coefficient (Wildman–Crippen LogP) is 1.92. The molecule has 3 heteroatoms. The number of rotatable bonds is 4. The molecule has 88 valence electrons. The van der Waals surface area contributed by atoms with Crippen LogP contribution >= 0.6 is 0 Å². The highest BCUT2D eigenvalue weighted by Gasteiger charge is 2.22. The van der Waals surface area contributed by atoms with Gasteiger partial charge in [-0.2, -0.15) is 0 Å². The van der Waals surface area contributed by atoms with E-state index in [-0.39, 0.29) is 12.5 Å². The van der Waals surface area contributed by atoms with E-state index in [2.05, 4.69) is 13.8 Å². The van der Waals surface area contributed by atoms with E-state index in [0.717, 1.165) is 37.8 Å². The number of ether oxygens (including phenoxy) is 1. The molecule has 1 rings (SSSR count). The normalized spacial score (nSPS) is 18.5. The first-order chi connectivity index (χ1) is 7.13. The molecule has 1 fully saturated rings. The maximum Gasteiger partial charge on any atom is 0.248 e. The zero-order valence-electron chi connectivity index (χ0n) is 10.2. The summed E-state index contributed by atoms with van der Waals surface area (Å²) in [5, 5.41) is 0. The van der Waals surface area contributed by atoms with E-state index in [9.17, 15) is 4.79 Å². The second kappa shape index (κ2) is 6.11. The minimum atomic E-state index is 0.139. The molecule has 0 aromatic heterocycles. The summed E-state index contributed by atoms with van der Waals surface area (Å²) in [6, 6.07) is 0. The van der Waals surface area contributed by atoms with Crippen molar-refractivity contribution in [3.8, 4) is 0 Å². The Labute approximate surface area is 92.8 Å². The van der Waals surface area contributed by atoms with Crippen molar-refractivity contribution in [2.45, 2.75) is 33.1 Å². The van der Waals surface area contributed by atoms with Crippen LogP contribution in [-0.4, -0.2) is 37.6 Å². The number of carbonyl (C=O) groups excluding carboxylic acids is 1. The van der Waals surface area contributed by atoms with Crippen LogP contribution in [0.4, 0.5) is 0 Å². The van der Waals surface area contributed by atoms with Crippen molar-refractivity contribution in [3.63, 3.8) is 0 Å². The van der Waals surface area contributed by atoms with Crippen molar-refractivity contribution in [2.75, 3.05) is 26.8 Å². The van der Waals surface area contributed by atoms with Gasteiger partial charge in [0, 0.05) is 20.2 Å². The van der Waals surface area contributed by atoms with Crippen molar-refractivity contribution >= 4 is 5.91 Å². The van der Waals surface area contributed by atoms with E-state index >= 15 is 0 Å². The fourth-order valence-corrected chi connectivity index (χ4v) is 2.30. The highest BCUT2D eigenvalue weighted by molar-refractivity contribution is 5.77. The molecule has 0 unspecified atom stereocenters. The summed E-state index contributed by atoms with van der Waals surface area (Å²) in [5.41, 5.74) is 0. The SMILES string of the molecule is COCC(=O)N1CCC(CC(C)C)CC1. The third-order valence-electron chi connectivity index (χ3n) is 3.04. The van der Waals surface area contributed by atoms with Crippen LogP contribution in [0.2, 0.25) is 0 Å². The quantitative estimate of drug-likeness (QED) is 0.714. The first-order valence-electron chi connectivity index (χ1n) is 5.90. The summed E-state index contributed by atoms with van der Waals surface area (Å²) in [4.78, 5) is 13.5. The minimum Gasteiger partial charge on any atom is -0.375 e. The topological polar surface area (TPSA) is 29.5 Å². The molecule has 1 aliphatic rings. The van der Waals surface area contributed by atoms with E-state index < -0.39 is 0 Å². The number of carbonyl (C=O) groups is 1. The number of methoxy groups -OCH3 is 1. The third-order valence-corrected chi connectivity index (χ3v) is 3.04. The second-order valence-corrected chi connectivity index (χ2v) is 4.89. The molecular formula is C12H23NO2. The Morgan fingerprint density at radius 1 is 1.40 bits per heavy atom. The number of hydrogen-bond acceptors (Lipinski definition) is 2. The smallest absolute Gasteiger partial charge is 0.248 e. The van der Waals surface area contributed by atoms with Crippen molar-refractivity contribution in [3.05, 3.63) is 0 Å². The largest absolute Gasteiger partial charge is 0.375 e. The van der Waals surface area contributed by atoms with Crippen LogP contribution in [0.3, 0.4) is 0 Å². The molecule has 3 nitrogen and oxygen atoms in total. The Balaban J connectivity index is 2.26. The van der Waals surface area contributed by atoms with Gasteiger partial charge < -0.3 is 9.64 Å². The van der Waals surface area contributed by atoms with Gasteiger partial charge in [0.1, 0.15) is 6.61 Å². The van der Waals surface area contributed by atoms with Crippen LogP contribution in [0.1, 0.15) is 33.1 Å². The summed E-state index contributed by atoms with van der Waals surface area (Å²) >= 11 is 0. The monoisotopic (exact) mass is 213 g/mol. The lowest BCUT2D eigenvalue weighted by Crippen LogP contribution is -2.40. The molecule has 0 radical (unpaired) electrons. The zero-order valence-corrected chi connectivity index (χ0v) is 10.2. The van der Waals surface area contributed by atoms with Gasteiger partial charge in [0.25, 0.3) is 0 Å². The molecule has 0 bridgehead atoms. The highest BCUT2D eigenvalue weighted by atomic mass is 16.5. The number of nitrogens with zero attached hydrogens (tertiary/aromatic N) is 1. The van der Waals surface area contributed by atoms with Gasteiger partial charge in [-0.15, -0.1) is 0 Å². The van der Waals surface area contributed by atoms with Crippen LogP contribution < -0.4 is 0 Å². The van der Waals surface area contributed by atoms with Crippen LogP contribution in [0, 0.1) is 11.8 Å². The molecule has 1 amide bonds. The van der Waals surface area contributed by atoms with Gasteiger partial charge in [-0.1, -0.05) is 13.8 Å². The summed E-state index contributed by atoms with van der Waals surface area (Å²) in [6.45, 7) is 6.60. The molecule has 1 saturated heterocycles. The first kappa shape index (κ1) is 12.5. The average molecular weight is 213 g/mol. The van der Waals surface area contributed by atoms with Gasteiger partial charge in [0.2, 0.25) is 5.91 Å². The van der Waals surface area contributed by atoms with Gasteiger partial charge in [-0.25, -0.2) is 0 Å². The van der Waals surface area contributed by atoms with Gasteiger partial charge in [0.15, 0.2) is 0 Å². The van der Waals surface area contributed by atoms with Crippen LogP contribution in [0.15, 0.2) is 0 Å². The summed E-state index contributed by atoms with van der Waals surface area (Å²) in [5.74, 6) is 1.73. The minimum absolute atomic E-state index is 0.139. The molecule has 0 N–H and O–H groups in total. The Morgan fingerprint density at radius 2 is 2.00 bits per heavy atom. The first-order valence-corrected chi connectivity index (χ1v) is 5.90. The molecule has 15 heavy (non-hydrogen) atoms. The summed E-state index contributed by atoms with van der Waals surface area (Å²) in [6.07, 6.45) is 3.62. The lowest BCUT2D eigenvalue weighted by atomic mass is 9.88. The lowest BCUT2D eigenvalue weighted by Gasteiger charge is -2.32. The number of hydrogen-bond donors (Lipinski definition) is 0. The van der Waals surface area contributed by atoms with Crippen LogP contribution in [0.5, 0.6) is 0 Å². The Bertz CT molecular complexity index is 196. The lowest BCUT2D eigenvalue weighted by molar-refractivity contribution is -0.136. The predicted molar refractivity (Wildman–Crippen MR) is 60.6 cm³/mol. The molecule has 0 aromatic rings. The Morgan fingerprint density at radius 3 is 2.47 bits per heavy atom. The molecular weight excluding hydrogens is 190 g/mol. The molecule has 1 aliphatic heterocycles. The number of amides is 1. The molecule has 0 aromatic carbocycles. The Kier molecular flexibility index (Phi) is 5.09. The van der Waals surface area contributed by atoms with Crippen molar-refractivity contribution in [2.24, 2.45) is 11.8 Å². The zero-order chi connectivity index (χ0) is 11.3. The van der Waals surface area contributed by atoms with Crippen LogP contribution in [-0.2, 0) is 9.53 Å². The number of piperidine rings is 1. The fourth-order valence-electron chi connectivity index (χ4n) is 2.30. The van der Waals surface area contributed by atoms with E-state index in [1.807, 2.05) is 4.90 Å². The van der Waals surface area contributed by atoms with Gasteiger partial charge >= 0.3 is 0 Å². The third kappa shape index (κ3) is 4.20. The van der Waals surface area contributed by atoms with Crippen LogP contribution in [0.25, 0.3) is 0 Å². The maximum atomic E-state index is 11.5. The summed E-state index contributed by atoms with van der Waals surface area (Å²) < 4.78 is 4.86. The van der Waals surface area contributed by atoms with Gasteiger partial charge in [-0.3, -0.25) is 4.79 Å². The standard InChI is InChI=1S/C12H23NO2/c1-10(2)8-11-4-6-13(7-5-11)12(14)9-15-3/h10-11H,4-9H2,1-3H3. The van der Waals surface area contributed by atoms with Crippen molar-refractivity contribution in [1.29, 1.82) is 0 Å². The van der Waals surface area contributed by atoms with E-state index in [1.54, 1.807) is 7.11 Å². The maximum absolute atomic E-state index is 11.5. The molecule has 0 aliphatic carbocycles. The second-order valence-electron chi connectivity index (χ2n) is 4.89. The van der Waals surface area contributed by atoms with Gasteiger partial charge in [0.05, 0.1) is 0 Å². The van der Waals surface area contributed by atoms with Crippen molar-refractivity contribution < 1.29 is 9.53 Å². The Hall–Kier alpha value is -0.570. The molecule has 0 spiro atoms. The van der Waals surface area contributed by atoms with E-state index in [4.69, 9.17) is 4.74 Å². The van der Waals surface area contributed by atoms with Crippen molar-refractivity contribution in [1.82, 2.24) is 4.90 Å². The van der Waals surface area contributed by atoms with E-state index in [0.29, 0.717) is 0 Å². The number of likely N-dealkylation sites (tertiary alicyclic amines) is 1. The highest BCUT2D eigenvalue weighted by Crippen LogP contribution is 2.23. The van der Waals surface area contributed by atoms with Gasteiger partial charge in [-0.05, 0) is 31.1 Å². The average Bonchev–Trinajstić information content (AvgIpc) is 2.18. The molecule has 0 saturated carbocycles. The fraction of sp³-hybridized carbons (Fsp3) is 0.917. The van der Waals surface area contributed by atoms with E-state index in [1.165, 1.54) is 6.42 Å². The molecule has 0 atom stereocenters. The molecule has 1 heterocycles.